The fourth-order valence-corrected chi connectivity index (χ4v) is 2.05. The van der Waals surface area contributed by atoms with Gasteiger partial charge in [0.2, 0.25) is 0 Å². The fraction of sp³-hybridized carbons (Fsp3) is 0.211. The molecule has 24 heavy (non-hydrogen) atoms. The molecule has 2 N–H and O–H groups in total. The van der Waals surface area contributed by atoms with Gasteiger partial charge in [0.1, 0.15) is 0 Å². The Morgan fingerprint density at radius 1 is 0.958 bits per heavy atom. The van der Waals surface area contributed by atoms with E-state index in [-0.39, 0.29) is 0 Å². The zero-order valence-corrected chi connectivity index (χ0v) is 13.9. The van der Waals surface area contributed by atoms with E-state index >= 15 is 0 Å². The first-order valence-corrected chi connectivity index (χ1v) is 7.79. The summed E-state index contributed by atoms with van der Waals surface area (Å²) in [6.45, 7) is 3.77. The van der Waals surface area contributed by atoms with E-state index in [4.69, 9.17) is 0 Å². The molecule has 2 rings (SSSR count). The molecule has 5 nitrogen and oxygen atoms in total. The molecule has 0 aliphatic carbocycles. The quantitative estimate of drug-likeness (QED) is 0.504. The molecule has 2 aromatic rings. The minimum absolute atomic E-state index is 0.575. The summed E-state index contributed by atoms with van der Waals surface area (Å²) < 4.78 is 0. The molecule has 0 heterocycles. The molecule has 0 aliphatic heterocycles. The van der Waals surface area contributed by atoms with Crippen LogP contribution in [0.2, 0.25) is 0 Å². The number of hydrazone groups is 1. The van der Waals surface area contributed by atoms with Gasteiger partial charge in [0, 0.05) is 11.4 Å². The number of anilines is 1. The minimum Gasteiger partial charge on any atom is -0.318 e. The van der Waals surface area contributed by atoms with Crippen molar-refractivity contribution in [2.45, 2.75) is 26.7 Å². The standard InChI is InChI=1S/C19H21N3O2/c1-14-8-12-17(13-9-14)20-18(23)19(24)22-21-15(2)10-11-16-6-4-3-5-7-16/h3-9,12-13H,10-11H2,1-2H3,(H,20,23)(H,22,24)/b21-15-. The lowest BCUT2D eigenvalue weighted by atomic mass is 10.1. The molecule has 0 saturated heterocycles. The molecule has 124 valence electrons. The van der Waals surface area contributed by atoms with Crippen LogP contribution in [0.15, 0.2) is 59.7 Å². The van der Waals surface area contributed by atoms with E-state index in [1.54, 1.807) is 12.1 Å². The third-order valence-corrected chi connectivity index (χ3v) is 3.48. The Hall–Kier alpha value is -2.95. The Morgan fingerprint density at radius 3 is 2.29 bits per heavy atom. The average Bonchev–Trinajstić information content (AvgIpc) is 2.60. The maximum absolute atomic E-state index is 11.8. The van der Waals surface area contributed by atoms with Crippen LogP contribution < -0.4 is 10.7 Å². The molecule has 0 radical (unpaired) electrons. The number of carbonyl (C=O) groups is 2. The average molecular weight is 323 g/mol. The van der Waals surface area contributed by atoms with Gasteiger partial charge in [-0.25, -0.2) is 5.43 Å². The number of rotatable bonds is 5. The molecule has 2 aromatic carbocycles. The Bertz CT molecular complexity index is 722. The molecule has 0 spiro atoms. The SMILES string of the molecule is C/C(CCc1ccccc1)=N/NC(=O)C(=O)Nc1ccc(C)cc1. The lowest BCUT2D eigenvalue weighted by Gasteiger charge is -2.05. The first-order valence-electron chi connectivity index (χ1n) is 7.79. The first kappa shape index (κ1) is 17.4. The summed E-state index contributed by atoms with van der Waals surface area (Å²) in [4.78, 5) is 23.6. The summed E-state index contributed by atoms with van der Waals surface area (Å²) in [5, 5.41) is 6.50. The summed E-state index contributed by atoms with van der Waals surface area (Å²) in [5.74, 6) is -1.52. The molecular formula is C19H21N3O2. The highest BCUT2D eigenvalue weighted by atomic mass is 16.2. The van der Waals surface area contributed by atoms with Gasteiger partial charge in [-0.05, 0) is 44.4 Å². The molecule has 0 saturated carbocycles. The second-order valence-corrected chi connectivity index (χ2v) is 5.59. The number of nitrogens with zero attached hydrogens (tertiary/aromatic N) is 1. The van der Waals surface area contributed by atoms with E-state index in [2.05, 4.69) is 15.8 Å². The van der Waals surface area contributed by atoms with Crippen LogP contribution in [0.25, 0.3) is 0 Å². The monoisotopic (exact) mass is 323 g/mol. The van der Waals surface area contributed by atoms with Gasteiger partial charge in [-0.2, -0.15) is 5.10 Å². The Morgan fingerprint density at radius 2 is 1.62 bits per heavy atom. The van der Waals surface area contributed by atoms with Gasteiger partial charge >= 0.3 is 11.8 Å². The van der Waals surface area contributed by atoms with Gasteiger partial charge in [0.15, 0.2) is 0 Å². The van der Waals surface area contributed by atoms with Gasteiger partial charge in [0.05, 0.1) is 0 Å². The van der Waals surface area contributed by atoms with Crippen molar-refractivity contribution < 1.29 is 9.59 Å². The zero-order chi connectivity index (χ0) is 17.4. The summed E-state index contributed by atoms with van der Waals surface area (Å²) >= 11 is 0. The van der Waals surface area contributed by atoms with Gasteiger partial charge in [-0.1, -0.05) is 48.0 Å². The van der Waals surface area contributed by atoms with E-state index in [0.717, 1.165) is 17.7 Å². The molecule has 5 heteroatoms. The number of carbonyl (C=O) groups excluding carboxylic acids is 2. The minimum atomic E-state index is -0.783. The summed E-state index contributed by atoms with van der Waals surface area (Å²) in [6, 6.07) is 17.2. The molecule has 0 fully saturated rings. The number of hydrogen-bond donors (Lipinski definition) is 2. The molecule has 0 bridgehead atoms. The van der Waals surface area contributed by atoms with Crippen LogP contribution in [-0.4, -0.2) is 17.5 Å². The second-order valence-electron chi connectivity index (χ2n) is 5.59. The molecular weight excluding hydrogens is 302 g/mol. The van der Waals surface area contributed by atoms with Crippen molar-refractivity contribution >= 4 is 23.2 Å². The van der Waals surface area contributed by atoms with Crippen LogP contribution in [0.5, 0.6) is 0 Å². The van der Waals surface area contributed by atoms with Crippen molar-refractivity contribution in [2.24, 2.45) is 5.10 Å². The Labute approximate surface area is 141 Å². The van der Waals surface area contributed by atoms with Crippen molar-refractivity contribution in [3.63, 3.8) is 0 Å². The summed E-state index contributed by atoms with van der Waals surface area (Å²) in [7, 11) is 0. The van der Waals surface area contributed by atoms with E-state index in [1.165, 1.54) is 5.56 Å². The highest BCUT2D eigenvalue weighted by molar-refractivity contribution is 6.39. The van der Waals surface area contributed by atoms with E-state index in [9.17, 15) is 9.59 Å². The number of amides is 2. The van der Waals surface area contributed by atoms with Gasteiger partial charge < -0.3 is 5.32 Å². The lowest BCUT2D eigenvalue weighted by molar-refractivity contribution is -0.136. The molecule has 0 aliphatic rings. The topological polar surface area (TPSA) is 70.6 Å². The summed E-state index contributed by atoms with van der Waals surface area (Å²) in [6.07, 6.45) is 1.55. The fourth-order valence-electron chi connectivity index (χ4n) is 2.05. The molecule has 0 aromatic heterocycles. The predicted molar refractivity (Wildman–Crippen MR) is 95.8 cm³/mol. The molecule has 0 unspecified atom stereocenters. The third kappa shape index (κ3) is 5.68. The molecule has 0 atom stereocenters. The third-order valence-electron chi connectivity index (χ3n) is 3.48. The van der Waals surface area contributed by atoms with Crippen LogP contribution in [0, 0.1) is 6.92 Å². The van der Waals surface area contributed by atoms with Crippen molar-refractivity contribution in [2.75, 3.05) is 5.32 Å². The van der Waals surface area contributed by atoms with Crippen molar-refractivity contribution in [1.29, 1.82) is 0 Å². The largest absolute Gasteiger partial charge is 0.329 e. The Balaban J connectivity index is 1.80. The van der Waals surface area contributed by atoms with E-state index < -0.39 is 11.8 Å². The van der Waals surface area contributed by atoms with Gasteiger partial charge in [0.25, 0.3) is 0 Å². The maximum Gasteiger partial charge on any atom is 0.329 e. The second kappa shape index (κ2) is 8.62. The van der Waals surface area contributed by atoms with Crippen molar-refractivity contribution in [3.05, 3.63) is 65.7 Å². The van der Waals surface area contributed by atoms with Crippen molar-refractivity contribution in [3.8, 4) is 0 Å². The van der Waals surface area contributed by atoms with Crippen LogP contribution in [-0.2, 0) is 16.0 Å². The normalized spacial score (nSPS) is 11.0. The summed E-state index contributed by atoms with van der Waals surface area (Å²) in [5.41, 5.74) is 5.91. The Kier molecular flexibility index (Phi) is 6.25. The van der Waals surface area contributed by atoms with Crippen LogP contribution in [0.4, 0.5) is 5.69 Å². The van der Waals surface area contributed by atoms with Gasteiger partial charge in [-0.15, -0.1) is 0 Å². The van der Waals surface area contributed by atoms with Crippen molar-refractivity contribution in [1.82, 2.24) is 5.43 Å². The van der Waals surface area contributed by atoms with Crippen LogP contribution >= 0.6 is 0 Å². The highest BCUT2D eigenvalue weighted by Crippen LogP contribution is 2.08. The highest BCUT2D eigenvalue weighted by Gasteiger charge is 2.12. The van der Waals surface area contributed by atoms with Crippen LogP contribution in [0.1, 0.15) is 24.5 Å². The molecule has 2 amide bonds. The van der Waals surface area contributed by atoms with E-state index in [0.29, 0.717) is 12.1 Å². The maximum atomic E-state index is 11.8. The van der Waals surface area contributed by atoms with Gasteiger partial charge in [-0.3, -0.25) is 9.59 Å². The van der Waals surface area contributed by atoms with Crippen LogP contribution in [0.3, 0.4) is 0 Å². The first-order chi connectivity index (χ1) is 11.5. The number of benzene rings is 2. The zero-order valence-electron chi connectivity index (χ0n) is 13.9. The predicted octanol–water partition coefficient (Wildman–Crippen LogP) is 3.06. The smallest absolute Gasteiger partial charge is 0.318 e. The number of nitrogens with one attached hydrogen (secondary N) is 2. The van der Waals surface area contributed by atoms with E-state index in [1.807, 2.05) is 56.3 Å². The number of hydrogen-bond acceptors (Lipinski definition) is 3. The number of aryl methyl sites for hydroxylation is 2. The lowest BCUT2D eigenvalue weighted by Crippen LogP contribution is -2.32.